The number of ether oxygens (including phenoxy) is 3. The molecular formula is C24H22O14. The van der Waals surface area contributed by atoms with E-state index in [2.05, 4.69) is 0 Å². The van der Waals surface area contributed by atoms with Gasteiger partial charge in [0.1, 0.15) is 41.1 Å². The Bertz CT molecular complexity index is 1460. The van der Waals surface area contributed by atoms with Crippen LogP contribution in [0, 0.1) is 0 Å². The number of carbonyl (C=O) groups is 2. The number of carbonyl (C=O) groups excluding carboxylic acids is 1. The summed E-state index contributed by atoms with van der Waals surface area (Å²) in [7, 11) is 0. The molecule has 3 aromatic rings. The normalized spacial score (nSPS) is 23.2. The van der Waals surface area contributed by atoms with Gasteiger partial charge in [-0.3, -0.25) is 14.4 Å². The van der Waals surface area contributed by atoms with Crippen molar-refractivity contribution in [3.63, 3.8) is 0 Å². The Labute approximate surface area is 212 Å². The maximum Gasteiger partial charge on any atom is 0.317 e. The summed E-state index contributed by atoms with van der Waals surface area (Å²) in [5.41, 5.74) is -1.26. The molecule has 1 aromatic heterocycles. The van der Waals surface area contributed by atoms with Gasteiger partial charge in [-0.05, 0) is 25.1 Å². The van der Waals surface area contributed by atoms with Crippen LogP contribution in [-0.4, -0.2) is 78.4 Å². The standard InChI is InChI=1S/C24H22O14/c1-8-21(37-16(31)7-15(29)30)19(33)20(34)24(35-8)38-23-18(32)17-13(28)5-10(25)6-14(17)36-22(23)9-2-3-11(26)12(27)4-9/h2-6,8,19-21,24-28,33-34H,7H2,1H3,(H,29,30). The number of aliphatic carboxylic acids is 1. The Balaban J connectivity index is 1.76. The van der Waals surface area contributed by atoms with Crippen LogP contribution in [0.2, 0.25) is 0 Å². The van der Waals surface area contributed by atoms with E-state index in [0.29, 0.717) is 0 Å². The minimum Gasteiger partial charge on any atom is -0.508 e. The van der Waals surface area contributed by atoms with Gasteiger partial charge in [-0.1, -0.05) is 0 Å². The number of hydrogen-bond donors (Lipinski definition) is 7. The van der Waals surface area contributed by atoms with Crippen molar-refractivity contribution in [3.8, 4) is 40.1 Å². The second-order valence-corrected chi connectivity index (χ2v) is 8.46. The van der Waals surface area contributed by atoms with E-state index in [0.717, 1.165) is 24.3 Å². The maximum atomic E-state index is 13.4. The van der Waals surface area contributed by atoms with Crippen molar-refractivity contribution >= 4 is 22.9 Å². The molecule has 4 rings (SSSR count). The molecule has 14 heteroatoms. The van der Waals surface area contributed by atoms with Gasteiger partial charge in [-0.15, -0.1) is 0 Å². The van der Waals surface area contributed by atoms with Crippen molar-refractivity contribution in [2.24, 2.45) is 0 Å². The lowest BCUT2D eigenvalue weighted by atomic mass is 9.99. The number of carboxylic acids is 1. The number of aromatic hydroxyl groups is 4. The molecule has 38 heavy (non-hydrogen) atoms. The molecule has 0 aliphatic carbocycles. The third-order valence-corrected chi connectivity index (χ3v) is 5.73. The van der Waals surface area contributed by atoms with Gasteiger partial charge in [0, 0.05) is 17.7 Å². The largest absolute Gasteiger partial charge is 0.508 e. The van der Waals surface area contributed by atoms with E-state index in [1.807, 2.05) is 0 Å². The fourth-order valence-electron chi connectivity index (χ4n) is 3.93. The average molecular weight is 534 g/mol. The van der Waals surface area contributed by atoms with Crippen LogP contribution in [0.3, 0.4) is 0 Å². The number of carboxylic acid groups (broad SMARTS) is 1. The first-order valence-corrected chi connectivity index (χ1v) is 11.0. The fraction of sp³-hybridized carbons (Fsp3) is 0.292. The van der Waals surface area contributed by atoms with Crippen molar-refractivity contribution in [1.29, 1.82) is 0 Å². The maximum absolute atomic E-state index is 13.4. The number of fused-ring (bicyclic) bond motifs is 1. The highest BCUT2D eigenvalue weighted by Gasteiger charge is 2.47. The summed E-state index contributed by atoms with van der Waals surface area (Å²) in [6.07, 6.45) is -9.16. The molecule has 0 radical (unpaired) electrons. The number of rotatable bonds is 6. The molecule has 1 saturated heterocycles. The van der Waals surface area contributed by atoms with Crippen molar-refractivity contribution < 1.29 is 64.0 Å². The molecule has 0 saturated carbocycles. The molecule has 1 aliphatic heterocycles. The van der Waals surface area contributed by atoms with Gasteiger partial charge >= 0.3 is 11.9 Å². The van der Waals surface area contributed by atoms with E-state index in [1.54, 1.807) is 0 Å². The summed E-state index contributed by atoms with van der Waals surface area (Å²) in [5, 5.41) is 69.2. The summed E-state index contributed by atoms with van der Waals surface area (Å²) in [6, 6.07) is 5.29. The summed E-state index contributed by atoms with van der Waals surface area (Å²) < 4.78 is 21.7. The molecule has 0 amide bonds. The fourth-order valence-corrected chi connectivity index (χ4v) is 3.93. The molecule has 202 valence electrons. The Morgan fingerprint density at radius 2 is 1.68 bits per heavy atom. The molecular weight excluding hydrogens is 512 g/mol. The molecule has 5 unspecified atom stereocenters. The number of esters is 1. The van der Waals surface area contributed by atoms with Gasteiger partial charge in [-0.25, -0.2) is 0 Å². The predicted molar refractivity (Wildman–Crippen MR) is 124 cm³/mol. The third-order valence-electron chi connectivity index (χ3n) is 5.73. The quantitative estimate of drug-likeness (QED) is 0.130. The molecule has 2 aromatic carbocycles. The number of benzene rings is 2. The second kappa shape index (κ2) is 10.1. The van der Waals surface area contributed by atoms with E-state index < -0.39 is 88.6 Å². The van der Waals surface area contributed by atoms with Crippen LogP contribution in [0.15, 0.2) is 39.5 Å². The van der Waals surface area contributed by atoms with Crippen molar-refractivity contribution in [2.75, 3.05) is 0 Å². The highest BCUT2D eigenvalue weighted by molar-refractivity contribution is 5.90. The summed E-state index contributed by atoms with van der Waals surface area (Å²) in [6.45, 7) is 1.33. The molecule has 1 aliphatic rings. The smallest absolute Gasteiger partial charge is 0.317 e. The lowest BCUT2D eigenvalue weighted by molar-refractivity contribution is -0.272. The summed E-state index contributed by atoms with van der Waals surface area (Å²) >= 11 is 0. The Morgan fingerprint density at radius 3 is 2.34 bits per heavy atom. The molecule has 7 N–H and O–H groups in total. The highest BCUT2D eigenvalue weighted by atomic mass is 16.7. The van der Waals surface area contributed by atoms with Gasteiger partial charge in [0.05, 0.1) is 6.10 Å². The average Bonchev–Trinajstić information content (AvgIpc) is 2.82. The first-order valence-electron chi connectivity index (χ1n) is 11.0. The zero-order valence-electron chi connectivity index (χ0n) is 19.5. The minimum atomic E-state index is -1.93. The van der Waals surface area contributed by atoms with Gasteiger partial charge in [0.2, 0.25) is 17.5 Å². The third kappa shape index (κ3) is 5.00. The van der Waals surface area contributed by atoms with Crippen LogP contribution in [0.25, 0.3) is 22.3 Å². The van der Waals surface area contributed by atoms with E-state index in [-0.39, 0.29) is 16.9 Å². The van der Waals surface area contributed by atoms with Crippen LogP contribution in [0.5, 0.6) is 28.7 Å². The van der Waals surface area contributed by atoms with Gasteiger partial charge in [-0.2, -0.15) is 0 Å². The van der Waals surface area contributed by atoms with E-state index in [9.17, 15) is 45.0 Å². The van der Waals surface area contributed by atoms with Crippen LogP contribution in [-0.2, 0) is 19.1 Å². The van der Waals surface area contributed by atoms with E-state index in [1.165, 1.54) is 13.0 Å². The molecule has 1 fully saturated rings. The van der Waals surface area contributed by atoms with E-state index in [4.69, 9.17) is 23.7 Å². The number of aliphatic hydroxyl groups is 2. The van der Waals surface area contributed by atoms with Crippen LogP contribution in [0.1, 0.15) is 13.3 Å². The van der Waals surface area contributed by atoms with Crippen molar-refractivity contribution in [3.05, 3.63) is 40.6 Å². The molecule has 0 bridgehead atoms. The van der Waals surface area contributed by atoms with Crippen LogP contribution >= 0.6 is 0 Å². The van der Waals surface area contributed by atoms with Gasteiger partial charge in [0.15, 0.2) is 23.4 Å². The molecule has 14 nitrogen and oxygen atoms in total. The number of phenols is 4. The minimum absolute atomic E-state index is 0.00324. The Hall–Kier alpha value is -4.53. The number of aliphatic hydroxyl groups excluding tert-OH is 2. The SMILES string of the molecule is CC1OC(Oc2c(-c3ccc(O)c(O)c3)oc3cc(O)cc(O)c3c2=O)C(O)C(O)C1OC(=O)CC(=O)O. The van der Waals surface area contributed by atoms with Gasteiger partial charge in [0.25, 0.3) is 0 Å². The summed E-state index contributed by atoms with van der Waals surface area (Å²) in [4.78, 5) is 35.9. The molecule has 2 heterocycles. The summed E-state index contributed by atoms with van der Waals surface area (Å²) in [5.74, 6) is -5.83. The first-order chi connectivity index (χ1) is 17.9. The topological polar surface area (TPSA) is 234 Å². The monoisotopic (exact) mass is 534 g/mol. The number of phenolic OH excluding ortho intramolecular Hbond substituents is 4. The van der Waals surface area contributed by atoms with Crippen LogP contribution < -0.4 is 10.2 Å². The van der Waals surface area contributed by atoms with Gasteiger partial charge < -0.3 is 54.4 Å². The highest BCUT2D eigenvalue weighted by Crippen LogP contribution is 2.39. The zero-order valence-corrected chi connectivity index (χ0v) is 19.5. The lowest BCUT2D eigenvalue weighted by Crippen LogP contribution is -2.59. The molecule has 5 atom stereocenters. The lowest BCUT2D eigenvalue weighted by Gasteiger charge is -2.40. The first kappa shape index (κ1) is 26.5. The van der Waals surface area contributed by atoms with E-state index >= 15 is 0 Å². The van der Waals surface area contributed by atoms with Crippen molar-refractivity contribution in [1.82, 2.24) is 0 Å². The van der Waals surface area contributed by atoms with Crippen molar-refractivity contribution in [2.45, 2.75) is 44.1 Å². The van der Waals surface area contributed by atoms with Crippen LogP contribution in [0.4, 0.5) is 0 Å². The zero-order chi connectivity index (χ0) is 27.9. The second-order valence-electron chi connectivity index (χ2n) is 8.46. The molecule has 0 spiro atoms. The Kier molecular flexibility index (Phi) is 7.04. The predicted octanol–water partition coefficient (Wildman–Crippen LogP) is 0.514. The number of hydrogen-bond acceptors (Lipinski definition) is 13. The Morgan fingerprint density at radius 1 is 0.974 bits per heavy atom.